The monoisotopic (exact) mass is 346 g/mol. The first-order valence-electron chi connectivity index (χ1n) is 9.52. The van der Waals surface area contributed by atoms with Gasteiger partial charge in [0.05, 0.1) is 12.6 Å². The van der Waals surface area contributed by atoms with Gasteiger partial charge in [-0.2, -0.15) is 0 Å². The minimum Gasteiger partial charge on any atom is -0.381 e. The van der Waals surface area contributed by atoms with Gasteiger partial charge in [-0.05, 0) is 51.8 Å². The number of hydrogen-bond acceptors (Lipinski definition) is 3. The molecule has 2 rings (SSSR count). The van der Waals surface area contributed by atoms with E-state index in [1.165, 1.54) is 18.4 Å². The standard InChI is InChI=1S/C20H34N4O/c1-4-21-20(22-13-8-14-25-16-17-11-12-17)23-15-19(24(2)3)18-9-6-5-7-10-18/h5-7,9-10,17,19H,4,8,11-16H2,1-3H3,(H2,21,22,23). The van der Waals surface area contributed by atoms with Crippen LogP contribution in [0.4, 0.5) is 0 Å². The molecule has 0 radical (unpaired) electrons. The van der Waals surface area contributed by atoms with Crippen LogP contribution in [0, 0.1) is 5.92 Å². The fourth-order valence-electron chi connectivity index (χ4n) is 2.68. The van der Waals surface area contributed by atoms with Crippen LogP contribution in [0.2, 0.25) is 0 Å². The molecule has 0 aliphatic heterocycles. The van der Waals surface area contributed by atoms with Crippen LogP contribution in [0.5, 0.6) is 0 Å². The summed E-state index contributed by atoms with van der Waals surface area (Å²) in [6.45, 7) is 6.33. The first-order chi connectivity index (χ1) is 12.2. The predicted molar refractivity (Wildman–Crippen MR) is 105 cm³/mol. The van der Waals surface area contributed by atoms with E-state index >= 15 is 0 Å². The van der Waals surface area contributed by atoms with Crippen LogP contribution in [-0.2, 0) is 4.74 Å². The zero-order chi connectivity index (χ0) is 17.9. The summed E-state index contributed by atoms with van der Waals surface area (Å²) in [7, 11) is 4.20. The molecule has 1 saturated carbocycles. The van der Waals surface area contributed by atoms with Gasteiger partial charge >= 0.3 is 0 Å². The number of guanidine groups is 1. The summed E-state index contributed by atoms with van der Waals surface area (Å²) in [6, 6.07) is 10.8. The van der Waals surface area contributed by atoms with Crippen LogP contribution < -0.4 is 10.6 Å². The maximum Gasteiger partial charge on any atom is 0.191 e. The Balaban J connectivity index is 1.77. The highest BCUT2D eigenvalue weighted by Gasteiger charge is 2.20. The summed E-state index contributed by atoms with van der Waals surface area (Å²) >= 11 is 0. The van der Waals surface area contributed by atoms with Gasteiger partial charge in [0.15, 0.2) is 5.96 Å². The van der Waals surface area contributed by atoms with Crippen LogP contribution in [0.3, 0.4) is 0 Å². The van der Waals surface area contributed by atoms with Crippen molar-refractivity contribution >= 4 is 5.96 Å². The summed E-state index contributed by atoms with van der Waals surface area (Å²) in [5, 5.41) is 6.74. The van der Waals surface area contributed by atoms with Crippen molar-refractivity contribution in [3.05, 3.63) is 35.9 Å². The Hall–Kier alpha value is -1.59. The molecule has 5 heteroatoms. The number of nitrogens with one attached hydrogen (secondary N) is 2. The molecule has 2 N–H and O–H groups in total. The van der Waals surface area contributed by atoms with Gasteiger partial charge in [-0.15, -0.1) is 0 Å². The minimum absolute atomic E-state index is 0.276. The van der Waals surface area contributed by atoms with Crippen molar-refractivity contribution in [2.24, 2.45) is 10.9 Å². The number of nitrogens with zero attached hydrogens (tertiary/aromatic N) is 2. The summed E-state index contributed by atoms with van der Waals surface area (Å²) in [4.78, 5) is 7.00. The molecule has 0 bridgehead atoms. The molecule has 1 fully saturated rings. The van der Waals surface area contributed by atoms with E-state index in [9.17, 15) is 0 Å². The first-order valence-corrected chi connectivity index (χ1v) is 9.52. The van der Waals surface area contributed by atoms with Crippen LogP contribution in [0.1, 0.15) is 37.8 Å². The van der Waals surface area contributed by atoms with Gasteiger partial charge in [-0.25, -0.2) is 0 Å². The third-order valence-electron chi connectivity index (χ3n) is 4.38. The van der Waals surface area contributed by atoms with Gasteiger partial charge in [-0.3, -0.25) is 4.99 Å². The van der Waals surface area contributed by atoms with E-state index in [0.717, 1.165) is 51.1 Å². The second-order valence-electron chi connectivity index (χ2n) is 6.91. The third kappa shape index (κ3) is 7.88. The van der Waals surface area contributed by atoms with Crippen molar-refractivity contribution in [1.29, 1.82) is 0 Å². The highest BCUT2D eigenvalue weighted by Crippen LogP contribution is 2.28. The molecule has 1 aromatic rings. The van der Waals surface area contributed by atoms with Gasteiger partial charge in [0.2, 0.25) is 0 Å². The molecule has 25 heavy (non-hydrogen) atoms. The van der Waals surface area contributed by atoms with Gasteiger partial charge in [0, 0.05) is 26.3 Å². The lowest BCUT2D eigenvalue weighted by Crippen LogP contribution is -2.38. The van der Waals surface area contributed by atoms with Crippen molar-refractivity contribution in [3.63, 3.8) is 0 Å². The number of rotatable bonds is 11. The molecule has 0 spiro atoms. The van der Waals surface area contributed by atoms with Crippen LogP contribution >= 0.6 is 0 Å². The normalized spacial score (nSPS) is 16.1. The SMILES string of the molecule is CCNC(=NCC(c1ccccc1)N(C)C)NCCCOCC1CC1. The molecule has 0 saturated heterocycles. The minimum atomic E-state index is 0.276. The molecular formula is C20H34N4O. The van der Waals surface area contributed by atoms with Gasteiger partial charge in [0.1, 0.15) is 0 Å². The topological polar surface area (TPSA) is 48.9 Å². The molecule has 0 heterocycles. The van der Waals surface area contributed by atoms with Crippen molar-refractivity contribution in [3.8, 4) is 0 Å². The first kappa shape index (κ1) is 19.7. The summed E-state index contributed by atoms with van der Waals surface area (Å²) in [6.07, 6.45) is 3.71. The number of likely N-dealkylation sites (N-methyl/N-ethyl adjacent to an activating group) is 1. The lowest BCUT2D eigenvalue weighted by atomic mass is 10.1. The highest BCUT2D eigenvalue weighted by molar-refractivity contribution is 5.79. The van der Waals surface area contributed by atoms with E-state index in [1.54, 1.807) is 0 Å². The molecule has 1 aromatic carbocycles. The van der Waals surface area contributed by atoms with E-state index in [2.05, 4.69) is 66.9 Å². The Morgan fingerprint density at radius 3 is 2.64 bits per heavy atom. The molecule has 1 aliphatic rings. The van der Waals surface area contributed by atoms with Crippen molar-refractivity contribution in [2.75, 3.05) is 46.9 Å². The Labute approximate surface area is 152 Å². The quantitative estimate of drug-likeness (QED) is 0.367. The smallest absolute Gasteiger partial charge is 0.191 e. The van der Waals surface area contributed by atoms with Crippen LogP contribution in [0.15, 0.2) is 35.3 Å². The molecule has 1 aliphatic carbocycles. The number of ether oxygens (including phenoxy) is 1. The van der Waals surface area contributed by atoms with Gasteiger partial charge in [0.25, 0.3) is 0 Å². The maximum absolute atomic E-state index is 5.68. The lowest BCUT2D eigenvalue weighted by molar-refractivity contribution is 0.123. The molecule has 0 amide bonds. The van der Waals surface area contributed by atoms with Gasteiger partial charge < -0.3 is 20.3 Å². The fourth-order valence-corrected chi connectivity index (χ4v) is 2.68. The van der Waals surface area contributed by atoms with Crippen LogP contribution in [0.25, 0.3) is 0 Å². The van der Waals surface area contributed by atoms with E-state index in [0.29, 0.717) is 0 Å². The zero-order valence-corrected chi connectivity index (χ0v) is 16.0. The average Bonchev–Trinajstić information content (AvgIpc) is 3.43. The lowest BCUT2D eigenvalue weighted by Gasteiger charge is -2.23. The molecular weight excluding hydrogens is 312 g/mol. The van der Waals surface area contributed by atoms with E-state index in [-0.39, 0.29) is 6.04 Å². The highest BCUT2D eigenvalue weighted by atomic mass is 16.5. The number of hydrogen-bond donors (Lipinski definition) is 2. The van der Waals surface area contributed by atoms with Crippen molar-refractivity contribution in [2.45, 2.75) is 32.2 Å². The maximum atomic E-state index is 5.68. The zero-order valence-electron chi connectivity index (χ0n) is 16.0. The molecule has 5 nitrogen and oxygen atoms in total. The van der Waals surface area contributed by atoms with E-state index < -0.39 is 0 Å². The second kappa shape index (κ2) is 11.1. The van der Waals surface area contributed by atoms with E-state index in [1.807, 2.05) is 0 Å². The number of aliphatic imine (C=N–C) groups is 1. The Kier molecular flexibility index (Phi) is 8.77. The number of benzene rings is 1. The Morgan fingerprint density at radius 1 is 1.24 bits per heavy atom. The molecule has 140 valence electrons. The fraction of sp³-hybridized carbons (Fsp3) is 0.650. The summed E-state index contributed by atoms with van der Waals surface area (Å²) in [5.41, 5.74) is 1.29. The summed E-state index contributed by atoms with van der Waals surface area (Å²) in [5.74, 6) is 1.72. The summed E-state index contributed by atoms with van der Waals surface area (Å²) < 4.78 is 5.68. The Morgan fingerprint density at radius 2 is 2.00 bits per heavy atom. The van der Waals surface area contributed by atoms with Crippen LogP contribution in [-0.4, -0.2) is 57.8 Å². The molecule has 1 unspecified atom stereocenters. The Bertz CT molecular complexity index is 500. The molecule has 1 atom stereocenters. The molecule has 0 aromatic heterocycles. The van der Waals surface area contributed by atoms with E-state index in [4.69, 9.17) is 9.73 Å². The van der Waals surface area contributed by atoms with Crippen molar-refractivity contribution in [1.82, 2.24) is 15.5 Å². The van der Waals surface area contributed by atoms with Crippen molar-refractivity contribution < 1.29 is 4.74 Å². The average molecular weight is 347 g/mol. The second-order valence-corrected chi connectivity index (χ2v) is 6.91. The predicted octanol–water partition coefficient (Wildman–Crippen LogP) is 2.66. The van der Waals surface area contributed by atoms with Gasteiger partial charge in [-0.1, -0.05) is 30.3 Å². The largest absolute Gasteiger partial charge is 0.381 e. The third-order valence-corrected chi connectivity index (χ3v) is 4.38.